The summed E-state index contributed by atoms with van der Waals surface area (Å²) in [6.45, 7) is 3.67. The number of benzene rings is 1. The minimum atomic E-state index is -3.35. The summed E-state index contributed by atoms with van der Waals surface area (Å²) < 4.78 is 26.8. The monoisotopic (exact) mass is 296 g/mol. The second-order valence-corrected chi connectivity index (χ2v) is 7.37. The van der Waals surface area contributed by atoms with Gasteiger partial charge in [0, 0.05) is 13.1 Å². The van der Waals surface area contributed by atoms with Gasteiger partial charge in [0.25, 0.3) is 0 Å². The number of nitrogens with zero attached hydrogens (tertiary/aromatic N) is 1. The number of sulfonamides is 1. The van der Waals surface area contributed by atoms with Crippen molar-refractivity contribution in [1.29, 1.82) is 0 Å². The number of rotatable bonds is 7. The van der Waals surface area contributed by atoms with Crippen LogP contribution in [0.2, 0.25) is 0 Å². The third-order valence-electron chi connectivity index (χ3n) is 4.03. The Morgan fingerprint density at radius 3 is 2.35 bits per heavy atom. The Kier molecular flexibility index (Phi) is 5.18. The zero-order chi connectivity index (χ0) is 14.6. The highest BCUT2D eigenvalue weighted by Crippen LogP contribution is 2.29. The van der Waals surface area contributed by atoms with Crippen molar-refractivity contribution in [2.75, 3.05) is 19.6 Å². The molecule has 1 fully saturated rings. The van der Waals surface area contributed by atoms with Crippen molar-refractivity contribution in [2.45, 2.75) is 37.5 Å². The molecule has 0 spiro atoms. The summed E-state index contributed by atoms with van der Waals surface area (Å²) in [5.41, 5.74) is 6.58. The summed E-state index contributed by atoms with van der Waals surface area (Å²) in [5.74, 6) is 0.543. The molecule has 1 saturated carbocycles. The minimum Gasteiger partial charge on any atom is -0.330 e. The van der Waals surface area contributed by atoms with Gasteiger partial charge in [-0.05, 0) is 49.4 Å². The lowest BCUT2D eigenvalue weighted by Crippen LogP contribution is -2.37. The van der Waals surface area contributed by atoms with Crippen LogP contribution in [0.4, 0.5) is 0 Å². The fourth-order valence-electron chi connectivity index (χ4n) is 2.50. The first-order valence-corrected chi connectivity index (χ1v) is 8.81. The van der Waals surface area contributed by atoms with E-state index in [1.165, 1.54) is 6.42 Å². The molecule has 5 heteroatoms. The van der Waals surface area contributed by atoms with Gasteiger partial charge in [-0.25, -0.2) is 8.42 Å². The van der Waals surface area contributed by atoms with Crippen molar-refractivity contribution in [3.8, 4) is 0 Å². The van der Waals surface area contributed by atoms with Gasteiger partial charge in [0.15, 0.2) is 0 Å². The molecule has 1 aromatic rings. The second-order valence-electron chi connectivity index (χ2n) is 5.44. The molecule has 4 nitrogen and oxygen atoms in total. The molecular weight excluding hydrogens is 272 g/mol. The van der Waals surface area contributed by atoms with Gasteiger partial charge in [-0.3, -0.25) is 0 Å². The van der Waals surface area contributed by atoms with Crippen LogP contribution in [0.5, 0.6) is 0 Å². The topological polar surface area (TPSA) is 63.4 Å². The van der Waals surface area contributed by atoms with Gasteiger partial charge >= 0.3 is 0 Å². The quantitative estimate of drug-likeness (QED) is 0.837. The van der Waals surface area contributed by atoms with Crippen LogP contribution in [0.1, 0.15) is 31.7 Å². The van der Waals surface area contributed by atoms with E-state index in [0.29, 0.717) is 30.4 Å². The van der Waals surface area contributed by atoms with Gasteiger partial charge in [0.1, 0.15) is 0 Å². The number of hydrogen-bond donors (Lipinski definition) is 1. The largest absolute Gasteiger partial charge is 0.330 e. The molecule has 1 aliphatic carbocycles. The van der Waals surface area contributed by atoms with E-state index in [-0.39, 0.29) is 0 Å². The lowest BCUT2D eigenvalue weighted by atomic mass is 9.85. The Morgan fingerprint density at radius 1 is 1.25 bits per heavy atom. The Bertz CT molecular complexity index is 521. The molecule has 0 bridgehead atoms. The molecule has 0 amide bonds. The van der Waals surface area contributed by atoms with Crippen LogP contribution in [0.15, 0.2) is 29.2 Å². The molecule has 2 rings (SSSR count). The Labute approximate surface area is 122 Å². The summed E-state index contributed by atoms with van der Waals surface area (Å²) in [5, 5.41) is 0. The normalized spacial score (nSPS) is 16.4. The van der Waals surface area contributed by atoms with Gasteiger partial charge in [-0.1, -0.05) is 25.5 Å². The molecule has 0 saturated heterocycles. The van der Waals surface area contributed by atoms with Gasteiger partial charge in [0.2, 0.25) is 10.0 Å². The minimum absolute atomic E-state index is 0.388. The highest BCUT2D eigenvalue weighted by molar-refractivity contribution is 7.89. The first-order valence-electron chi connectivity index (χ1n) is 7.37. The molecule has 2 N–H and O–H groups in total. The van der Waals surface area contributed by atoms with Crippen LogP contribution in [0, 0.1) is 5.92 Å². The SMILES string of the molecule is CCN(CC1CCC1)S(=O)(=O)c1ccc(CCN)cc1. The average Bonchev–Trinajstić information content (AvgIpc) is 2.38. The molecule has 1 aliphatic rings. The maximum absolute atomic E-state index is 12.6. The van der Waals surface area contributed by atoms with Crippen molar-refractivity contribution >= 4 is 10.0 Å². The molecule has 0 radical (unpaired) electrons. The predicted octanol–water partition coefficient (Wildman–Crippen LogP) is 2.00. The van der Waals surface area contributed by atoms with Crippen LogP contribution in [0.3, 0.4) is 0 Å². The molecule has 0 unspecified atom stereocenters. The van der Waals surface area contributed by atoms with E-state index in [0.717, 1.165) is 24.8 Å². The molecule has 0 atom stereocenters. The van der Waals surface area contributed by atoms with Crippen molar-refractivity contribution in [3.63, 3.8) is 0 Å². The fraction of sp³-hybridized carbons (Fsp3) is 0.600. The van der Waals surface area contributed by atoms with E-state index in [1.807, 2.05) is 19.1 Å². The molecule has 1 aromatic carbocycles. The summed E-state index contributed by atoms with van der Waals surface area (Å²) in [6, 6.07) is 7.11. The number of nitrogens with two attached hydrogens (primary N) is 1. The van der Waals surface area contributed by atoms with Gasteiger partial charge in [-0.15, -0.1) is 0 Å². The van der Waals surface area contributed by atoms with Gasteiger partial charge in [0.05, 0.1) is 4.90 Å². The lowest BCUT2D eigenvalue weighted by Gasteiger charge is -2.31. The molecule has 0 aromatic heterocycles. The highest BCUT2D eigenvalue weighted by Gasteiger charge is 2.28. The lowest BCUT2D eigenvalue weighted by molar-refractivity contribution is 0.250. The third-order valence-corrected chi connectivity index (χ3v) is 5.99. The summed E-state index contributed by atoms with van der Waals surface area (Å²) >= 11 is 0. The van der Waals surface area contributed by atoms with E-state index in [9.17, 15) is 8.42 Å². The van der Waals surface area contributed by atoms with E-state index < -0.39 is 10.0 Å². The third kappa shape index (κ3) is 3.40. The zero-order valence-electron chi connectivity index (χ0n) is 12.1. The van der Waals surface area contributed by atoms with E-state index in [1.54, 1.807) is 16.4 Å². The van der Waals surface area contributed by atoms with Crippen molar-refractivity contribution in [2.24, 2.45) is 11.7 Å². The molecule has 112 valence electrons. The average molecular weight is 296 g/mol. The highest BCUT2D eigenvalue weighted by atomic mass is 32.2. The molecule has 0 heterocycles. The zero-order valence-corrected chi connectivity index (χ0v) is 12.9. The van der Waals surface area contributed by atoms with Crippen molar-refractivity contribution < 1.29 is 8.42 Å². The summed E-state index contributed by atoms with van der Waals surface area (Å²) in [6.07, 6.45) is 4.32. The van der Waals surface area contributed by atoms with Gasteiger partial charge in [-0.2, -0.15) is 4.31 Å². The van der Waals surface area contributed by atoms with E-state index in [2.05, 4.69) is 0 Å². The Hall–Kier alpha value is -0.910. The summed E-state index contributed by atoms with van der Waals surface area (Å²) in [4.78, 5) is 0.388. The van der Waals surface area contributed by atoms with Gasteiger partial charge < -0.3 is 5.73 Å². The van der Waals surface area contributed by atoms with Crippen LogP contribution in [0.25, 0.3) is 0 Å². The maximum Gasteiger partial charge on any atom is 0.243 e. The standard InChI is InChI=1S/C15H24N2O2S/c1-2-17(12-14-4-3-5-14)20(18,19)15-8-6-13(7-9-15)10-11-16/h6-9,14H,2-5,10-12,16H2,1H3. The molecule has 20 heavy (non-hydrogen) atoms. The van der Waals surface area contributed by atoms with Crippen LogP contribution < -0.4 is 5.73 Å². The van der Waals surface area contributed by atoms with Crippen molar-refractivity contribution in [3.05, 3.63) is 29.8 Å². The van der Waals surface area contributed by atoms with Crippen LogP contribution >= 0.6 is 0 Å². The molecular formula is C15H24N2O2S. The number of hydrogen-bond acceptors (Lipinski definition) is 3. The Balaban J connectivity index is 2.14. The smallest absolute Gasteiger partial charge is 0.243 e. The first kappa shape index (κ1) is 15.5. The van der Waals surface area contributed by atoms with E-state index >= 15 is 0 Å². The maximum atomic E-state index is 12.6. The van der Waals surface area contributed by atoms with Crippen molar-refractivity contribution in [1.82, 2.24) is 4.31 Å². The van der Waals surface area contributed by atoms with Crippen LogP contribution in [-0.4, -0.2) is 32.4 Å². The first-order chi connectivity index (χ1) is 9.57. The molecule has 0 aliphatic heterocycles. The predicted molar refractivity (Wildman–Crippen MR) is 81.0 cm³/mol. The van der Waals surface area contributed by atoms with Crippen LogP contribution in [-0.2, 0) is 16.4 Å². The Morgan fingerprint density at radius 2 is 1.90 bits per heavy atom. The van der Waals surface area contributed by atoms with E-state index in [4.69, 9.17) is 5.73 Å². The fourth-order valence-corrected chi connectivity index (χ4v) is 4.03. The second kappa shape index (κ2) is 6.70. The summed E-state index contributed by atoms with van der Waals surface area (Å²) in [7, 11) is -3.35.